The summed E-state index contributed by atoms with van der Waals surface area (Å²) in [4.78, 5) is 13.9. The van der Waals surface area contributed by atoms with Crippen LogP contribution in [-0.4, -0.2) is 38.1 Å². The van der Waals surface area contributed by atoms with Crippen molar-refractivity contribution in [3.63, 3.8) is 0 Å². The van der Waals surface area contributed by atoms with Crippen molar-refractivity contribution in [2.45, 2.75) is 19.8 Å². The lowest BCUT2D eigenvalue weighted by atomic mass is 9.99. The van der Waals surface area contributed by atoms with Gasteiger partial charge in [-0.3, -0.25) is 4.79 Å². The van der Waals surface area contributed by atoms with E-state index in [0.29, 0.717) is 25.9 Å². The summed E-state index contributed by atoms with van der Waals surface area (Å²) in [5, 5.41) is 5.05. The zero-order valence-corrected chi connectivity index (χ0v) is 12.7. The number of likely N-dealkylation sites (tertiary alicyclic amines) is 1. The largest absolute Gasteiger partial charge is 0.338 e. The number of primary sulfonamides is 1. The monoisotopic (exact) mass is 314 g/mol. The maximum Gasteiger partial charge on any atom is 0.256 e. The number of halogens is 1. The molecule has 1 aliphatic rings. The Hall–Kier alpha value is -1.47. The number of hydrogen-bond acceptors (Lipinski definition) is 3. The molecule has 1 aromatic rings. The minimum absolute atomic E-state index is 0.0336. The first-order valence-electron chi connectivity index (χ1n) is 6.82. The number of nitrogens with zero attached hydrogens (tertiary/aromatic N) is 1. The van der Waals surface area contributed by atoms with E-state index in [1.807, 2.05) is 0 Å². The first-order chi connectivity index (χ1) is 9.76. The normalized spacial score (nSPS) is 19.6. The SMILES string of the molecule is Cc1ccc(F)c(C(=O)N2CCCC(CS(N)(=O)=O)C2)c1. The Kier molecular flexibility index (Phi) is 4.63. The van der Waals surface area contributed by atoms with E-state index in [9.17, 15) is 17.6 Å². The fourth-order valence-corrected chi connectivity index (χ4v) is 3.62. The van der Waals surface area contributed by atoms with E-state index in [-0.39, 0.29) is 17.2 Å². The Bertz CT molecular complexity index is 646. The van der Waals surface area contributed by atoms with Gasteiger partial charge in [0.25, 0.3) is 5.91 Å². The van der Waals surface area contributed by atoms with Crippen LogP contribution in [0.5, 0.6) is 0 Å². The molecule has 1 fully saturated rings. The van der Waals surface area contributed by atoms with Gasteiger partial charge in [-0.15, -0.1) is 0 Å². The third-order valence-corrected chi connectivity index (χ3v) is 4.56. The molecule has 1 unspecified atom stereocenters. The van der Waals surface area contributed by atoms with E-state index in [2.05, 4.69) is 0 Å². The van der Waals surface area contributed by atoms with E-state index in [0.717, 1.165) is 5.56 Å². The maximum absolute atomic E-state index is 13.8. The van der Waals surface area contributed by atoms with Crippen LogP contribution >= 0.6 is 0 Å². The molecule has 1 heterocycles. The van der Waals surface area contributed by atoms with Crippen LogP contribution in [0.3, 0.4) is 0 Å². The van der Waals surface area contributed by atoms with Crippen molar-refractivity contribution in [1.29, 1.82) is 0 Å². The molecule has 1 aromatic carbocycles. The number of carbonyl (C=O) groups is 1. The fraction of sp³-hybridized carbons (Fsp3) is 0.500. The van der Waals surface area contributed by atoms with Crippen LogP contribution < -0.4 is 5.14 Å². The molecule has 0 spiro atoms. The number of benzene rings is 1. The standard InChI is InChI=1S/C14H19FN2O3S/c1-10-4-5-13(15)12(7-10)14(18)17-6-2-3-11(8-17)9-21(16,19)20/h4-5,7,11H,2-3,6,8-9H2,1H3,(H2,16,19,20). The highest BCUT2D eigenvalue weighted by molar-refractivity contribution is 7.89. The third-order valence-electron chi connectivity index (χ3n) is 3.63. The number of amides is 1. The topological polar surface area (TPSA) is 80.5 Å². The minimum atomic E-state index is -3.56. The number of carbonyl (C=O) groups excluding carboxylic acids is 1. The highest BCUT2D eigenvalue weighted by Gasteiger charge is 2.28. The predicted octanol–water partition coefficient (Wildman–Crippen LogP) is 1.27. The van der Waals surface area contributed by atoms with Crippen molar-refractivity contribution in [3.05, 3.63) is 35.1 Å². The quantitative estimate of drug-likeness (QED) is 0.912. The molecule has 2 rings (SSSR count). The van der Waals surface area contributed by atoms with Crippen LogP contribution in [0, 0.1) is 18.7 Å². The van der Waals surface area contributed by atoms with Crippen LogP contribution in [0.15, 0.2) is 18.2 Å². The van der Waals surface area contributed by atoms with Gasteiger partial charge in [0.2, 0.25) is 10.0 Å². The molecule has 0 aromatic heterocycles. The zero-order chi connectivity index (χ0) is 15.6. The molecule has 21 heavy (non-hydrogen) atoms. The number of aryl methyl sites for hydroxylation is 1. The molecule has 5 nitrogen and oxygen atoms in total. The van der Waals surface area contributed by atoms with Crippen LogP contribution in [0.4, 0.5) is 4.39 Å². The van der Waals surface area contributed by atoms with E-state index >= 15 is 0 Å². The van der Waals surface area contributed by atoms with Crippen molar-refractivity contribution in [2.24, 2.45) is 11.1 Å². The van der Waals surface area contributed by atoms with Gasteiger partial charge in [0.15, 0.2) is 0 Å². The van der Waals surface area contributed by atoms with E-state index < -0.39 is 21.7 Å². The molecule has 0 bridgehead atoms. The zero-order valence-electron chi connectivity index (χ0n) is 11.9. The molecule has 2 N–H and O–H groups in total. The Balaban J connectivity index is 2.14. The van der Waals surface area contributed by atoms with Crippen molar-refractivity contribution in [2.75, 3.05) is 18.8 Å². The number of hydrogen-bond donors (Lipinski definition) is 1. The summed E-state index contributed by atoms with van der Waals surface area (Å²) in [7, 11) is -3.56. The lowest BCUT2D eigenvalue weighted by Gasteiger charge is -2.32. The second-order valence-corrected chi connectivity index (χ2v) is 7.23. The van der Waals surface area contributed by atoms with Gasteiger partial charge in [0, 0.05) is 13.1 Å². The Labute approximate surface area is 124 Å². The molecule has 1 aliphatic heterocycles. The molecule has 0 saturated carbocycles. The molecule has 1 amide bonds. The smallest absolute Gasteiger partial charge is 0.256 e. The molecule has 1 saturated heterocycles. The lowest BCUT2D eigenvalue weighted by molar-refractivity contribution is 0.0679. The number of sulfonamides is 1. The van der Waals surface area contributed by atoms with Gasteiger partial charge >= 0.3 is 0 Å². The van der Waals surface area contributed by atoms with E-state index in [1.54, 1.807) is 13.0 Å². The molecular weight excluding hydrogens is 295 g/mol. The van der Waals surface area contributed by atoms with Gasteiger partial charge < -0.3 is 4.90 Å². The average molecular weight is 314 g/mol. The van der Waals surface area contributed by atoms with E-state index in [4.69, 9.17) is 5.14 Å². The van der Waals surface area contributed by atoms with Gasteiger partial charge in [-0.05, 0) is 37.8 Å². The van der Waals surface area contributed by atoms with Gasteiger partial charge in [0.1, 0.15) is 5.82 Å². The van der Waals surface area contributed by atoms with Crippen LogP contribution in [0.2, 0.25) is 0 Å². The summed E-state index contributed by atoms with van der Waals surface area (Å²) < 4.78 is 36.1. The molecule has 0 radical (unpaired) electrons. The molecule has 1 atom stereocenters. The number of piperidine rings is 1. The maximum atomic E-state index is 13.8. The van der Waals surface area contributed by atoms with Crippen molar-refractivity contribution in [1.82, 2.24) is 4.90 Å². The highest BCUT2D eigenvalue weighted by Crippen LogP contribution is 2.21. The van der Waals surface area contributed by atoms with Crippen molar-refractivity contribution < 1.29 is 17.6 Å². The van der Waals surface area contributed by atoms with Gasteiger partial charge in [-0.1, -0.05) is 11.6 Å². The third kappa shape index (κ3) is 4.25. The second kappa shape index (κ2) is 6.11. The molecular formula is C14H19FN2O3S. The number of nitrogens with two attached hydrogens (primary N) is 1. The summed E-state index contributed by atoms with van der Waals surface area (Å²) >= 11 is 0. The van der Waals surface area contributed by atoms with Crippen molar-refractivity contribution >= 4 is 15.9 Å². The lowest BCUT2D eigenvalue weighted by Crippen LogP contribution is -2.42. The Morgan fingerprint density at radius 2 is 2.19 bits per heavy atom. The van der Waals surface area contributed by atoms with Crippen LogP contribution in [0.25, 0.3) is 0 Å². The van der Waals surface area contributed by atoms with Crippen LogP contribution in [0.1, 0.15) is 28.8 Å². The predicted molar refractivity (Wildman–Crippen MR) is 77.7 cm³/mol. The highest BCUT2D eigenvalue weighted by atomic mass is 32.2. The molecule has 7 heteroatoms. The Morgan fingerprint density at radius 3 is 2.86 bits per heavy atom. The first-order valence-corrected chi connectivity index (χ1v) is 8.54. The van der Waals surface area contributed by atoms with Gasteiger partial charge in [-0.2, -0.15) is 0 Å². The summed E-state index contributed by atoms with van der Waals surface area (Å²) in [6, 6.07) is 4.39. The molecule has 0 aliphatic carbocycles. The number of rotatable bonds is 3. The van der Waals surface area contributed by atoms with Gasteiger partial charge in [-0.25, -0.2) is 17.9 Å². The van der Waals surface area contributed by atoms with E-state index in [1.165, 1.54) is 17.0 Å². The Morgan fingerprint density at radius 1 is 1.48 bits per heavy atom. The second-order valence-electron chi connectivity index (χ2n) is 5.57. The van der Waals surface area contributed by atoms with Crippen molar-refractivity contribution in [3.8, 4) is 0 Å². The summed E-state index contributed by atoms with van der Waals surface area (Å²) in [6.07, 6.45) is 1.40. The molecule has 116 valence electrons. The minimum Gasteiger partial charge on any atom is -0.338 e. The average Bonchev–Trinajstić information content (AvgIpc) is 2.39. The first kappa shape index (κ1) is 15.9. The summed E-state index contributed by atoms with van der Waals surface area (Å²) in [5.41, 5.74) is 0.837. The fourth-order valence-electron chi connectivity index (χ4n) is 2.69. The summed E-state index contributed by atoms with van der Waals surface area (Å²) in [6.45, 7) is 2.59. The van der Waals surface area contributed by atoms with Gasteiger partial charge in [0.05, 0.1) is 11.3 Å². The summed E-state index contributed by atoms with van der Waals surface area (Å²) in [5.74, 6) is -1.28. The van der Waals surface area contributed by atoms with Crippen LogP contribution in [-0.2, 0) is 10.0 Å².